The van der Waals surface area contributed by atoms with Gasteiger partial charge in [0.1, 0.15) is 12.7 Å². The van der Waals surface area contributed by atoms with E-state index in [0.29, 0.717) is 11.7 Å². The molecule has 3 saturated heterocycles. The smallest absolute Gasteiger partial charge is 0.190 e. The van der Waals surface area contributed by atoms with Crippen LogP contribution in [0.15, 0.2) is 17.6 Å². The summed E-state index contributed by atoms with van der Waals surface area (Å²) in [4.78, 5) is 16.2. The number of Topliss-reactive ketones (excluding diaryl/α,β-unsaturated/α-hetero) is 1. The van der Waals surface area contributed by atoms with Crippen LogP contribution in [0.4, 0.5) is 0 Å². The topological polar surface area (TPSA) is 56.1 Å². The summed E-state index contributed by atoms with van der Waals surface area (Å²) in [7, 11) is 1.97. The Balaban J connectivity index is 1.52. The molecule has 3 fully saturated rings. The highest BCUT2D eigenvalue weighted by Gasteiger charge is 2.44. The van der Waals surface area contributed by atoms with E-state index >= 15 is 0 Å². The number of carbonyl (C=O) groups excluding carboxylic acids is 1. The highest BCUT2D eigenvalue weighted by molar-refractivity contribution is 5.83. The van der Waals surface area contributed by atoms with Crippen molar-refractivity contribution in [1.82, 2.24) is 9.80 Å². The zero-order valence-corrected chi connectivity index (χ0v) is 12.7. The number of piperidine rings is 3. The van der Waals surface area contributed by atoms with Crippen LogP contribution in [0.25, 0.3) is 0 Å². The summed E-state index contributed by atoms with van der Waals surface area (Å²) >= 11 is 0. The Morgan fingerprint density at radius 2 is 2.19 bits per heavy atom. The molecule has 0 aromatic rings. The van der Waals surface area contributed by atoms with Gasteiger partial charge in [0.05, 0.1) is 25.8 Å². The van der Waals surface area contributed by atoms with Crippen LogP contribution in [0, 0.1) is 5.92 Å². The van der Waals surface area contributed by atoms with Crippen LogP contribution in [-0.4, -0.2) is 77.4 Å². The first kappa shape index (κ1) is 14.4. The molecule has 0 aromatic heterocycles. The van der Waals surface area contributed by atoms with Crippen LogP contribution < -0.4 is 0 Å². The van der Waals surface area contributed by atoms with Gasteiger partial charge in [0, 0.05) is 51.2 Å². The van der Waals surface area contributed by atoms with E-state index in [4.69, 9.17) is 5.21 Å². The molecule has 0 saturated carbocycles. The van der Waals surface area contributed by atoms with Gasteiger partial charge in [0.15, 0.2) is 5.78 Å². The third-order valence-corrected chi connectivity index (χ3v) is 5.35. The molecular formula is C15H25N4O2+. The van der Waals surface area contributed by atoms with E-state index in [1.54, 1.807) is 6.21 Å². The number of fused-ring (bicyclic) bond motifs is 3. The summed E-state index contributed by atoms with van der Waals surface area (Å²) in [5.74, 6) is 0.851. The van der Waals surface area contributed by atoms with E-state index in [-0.39, 0.29) is 6.17 Å². The Labute approximate surface area is 125 Å². The molecule has 21 heavy (non-hydrogen) atoms. The van der Waals surface area contributed by atoms with Gasteiger partial charge in [-0.2, -0.15) is 0 Å². The molecule has 4 rings (SSSR count). The van der Waals surface area contributed by atoms with Crippen molar-refractivity contribution in [2.45, 2.75) is 25.4 Å². The van der Waals surface area contributed by atoms with Crippen molar-refractivity contribution >= 4 is 12.0 Å². The summed E-state index contributed by atoms with van der Waals surface area (Å²) in [5, 5.41) is 11.9. The van der Waals surface area contributed by atoms with Crippen molar-refractivity contribution in [3.05, 3.63) is 12.4 Å². The molecule has 4 aliphatic rings. The Bertz CT molecular complexity index is 455. The molecule has 0 spiro atoms. The SMILES string of the molecule is CN1C=CN(CCC[N+]23CCC(CC2)C(=O)C3)C1/C=N\O. The fraction of sp³-hybridized carbons (Fsp3) is 0.733. The van der Waals surface area contributed by atoms with Gasteiger partial charge in [-0.25, -0.2) is 0 Å². The quantitative estimate of drug-likeness (QED) is 0.351. The van der Waals surface area contributed by atoms with Gasteiger partial charge < -0.3 is 19.5 Å². The van der Waals surface area contributed by atoms with E-state index in [0.717, 1.165) is 43.4 Å². The maximum Gasteiger partial charge on any atom is 0.190 e. The molecular weight excluding hydrogens is 268 g/mol. The van der Waals surface area contributed by atoms with Crippen molar-refractivity contribution in [3.63, 3.8) is 0 Å². The molecule has 0 aromatic carbocycles. The number of rotatable bonds is 5. The Hall–Kier alpha value is -1.56. The highest BCUT2D eigenvalue weighted by Crippen LogP contribution is 2.31. The Morgan fingerprint density at radius 3 is 2.86 bits per heavy atom. The lowest BCUT2D eigenvalue weighted by atomic mass is 9.84. The second-order valence-corrected chi connectivity index (χ2v) is 6.64. The van der Waals surface area contributed by atoms with Gasteiger partial charge in [-0.3, -0.25) is 4.79 Å². The van der Waals surface area contributed by atoms with Crippen molar-refractivity contribution in [3.8, 4) is 0 Å². The summed E-state index contributed by atoms with van der Waals surface area (Å²) in [5.41, 5.74) is 0. The molecule has 6 heteroatoms. The monoisotopic (exact) mass is 293 g/mol. The molecule has 0 radical (unpaired) electrons. The number of ketones is 1. The molecule has 1 N–H and O–H groups in total. The number of nitrogens with zero attached hydrogens (tertiary/aromatic N) is 4. The third kappa shape index (κ3) is 2.77. The second-order valence-electron chi connectivity index (χ2n) is 6.64. The minimum Gasteiger partial charge on any atom is -0.411 e. The van der Waals surface area contributed by atoms with Crippen molar-refractivity contribution in [2.24, 2.45) is 11.1 Å². The lowest BCUT2D eigenvalue weighted by molar-refractivity contribution is -0.931. The standard InChI is InChI=1S/C15H24N4O2/c1-17-6-7-18(15(17)11-16-21)5-2-8-19-9-3-13(4-10-19)14(20)12-19/h6-7,11,13,15H,2-5,8-10,12H2,1H3/p+1/b16-11-. The van der Waals surface area contributed by atoms with E-state index in [1.807, 2.05) is 24.3 Å². The number of quaternary nitrogens is 1. The predicted molar refractivity (Wildman–Crippen MR) is 79.8 cm³/mol. The molecule has 1 unspecified atom stereocenters. The zero-order valence-electron chi connectivity index (χ0n) is 12.7. The average Bonchev–Trinajstić information content (AvgIpc) is 2.82. The second kappa shape index (κ2) is 5.67. The number of hydrogen-bond donors (Lipinski definition) is 1. The van der Waals surface area contributed by atoms with E-state index in [2.05, 4.69) is 10.1 Å². The molecule has 4 aliphatic heterocycles. The van der Waals surface area contributed by atoms with E-state index in [9.17, 15) is 4.79 Å². The first-order valence-corrected chi connectivity index (χ1v) is 7.85. The molecule has 2 bridgehead atoms. The van der Waals surface area contributed by atoms with Gasteiger partial charge in [0.2, 0.25) is 0 Å². The Morgan fingerprint density at radius 1 is 1.43 bits per heavy atom. The van der Waals surface area contributed by atoms with Gasteiger partial charge >= 0.3 is 0 Å². The van der Waals surface area contributed by atoms with E-state index < -0.39 is 0 Å². The predicted octanol–water partition coefficient (Wildman–Crippen LogP) is 0.691. The third-order valence-electron chi connectivity index (χ3n) is 5.35. The highest BCUT2D eigenvalue weighted by atomic mass is 16.4. The fourth-order valence-corrected chi connectivity index (χ4v) is 4.00. The Kier molecular flexibility index (Phi) is 3.89. The van der Waals surface area contributed by atoms with Crippen LogP contribution in [0.3, 0.4) is 0 Å². The normalized spacial score (nSPS) is 35.4. The maximum absolute atomic E-state index is 12.0. The first-order valence-electron chi connectivity index (χ1n) is 7.85. The molecule has 0 aliphatic carbocycles. The molecule has 1 atom stereocenters. The minimum absolute atomic E-state index is 0.00345. The average molecular weight is 293 g/mol. The maximum atomic E-state index is 12.0. The fourth-order valence-electron chi connectivity index (χ4n) is 4.00. The largest absolute Gasteiger partial charge is 0.411 e. The van der Waals surface area contributed by atoms with Crippen LogP contribution in [0.5, 0.6) is 0 Å². The lowest BCUT2D eigenvalue weighted by Gasteiger charge is -2.48. The van der Waals surface area contributed by atoms with Crippen molar-refractivity contribution in [1.29, 1.82) is 0 Å². The summed E-state index contributed by atoms with van der Waals surface area (Å²) < 4.78 is 1.00. The molecule has 6 nitrogen and oxygen atoms in total. The first-order chi connectivity index (χ1) is 10.1. The van der Waals surface area contributed by atoms with Crippen LogP contribution in [0.1, 0.15) is 19.3 Å². The lowest BCUT2D eigenvalue weighted by Crippen LogP contribution is -2.62. The number of oxime groups is 1. The van der Waals surface area contributed by atoms with Gasteiger partial charge in [-0.05, 0) is 0 Å². The van der Waals surface area contributed by atoms with E-state index in [1.165, 1.54) is 13.1 Å². The van der Waals surface area contributed by atoms with Crippen molar-refractivity contribution < 1.29 is 14.5 Å². The van der Waals surface area contributed by atoms with Gasteiger partial charge in [0.25, 0.3) is 0 Å². The molecule has 4 heterocycles. The summed E-state index contributed by atoms with van der Waals surface area (Å²) in [6, 6.07) is 0. The van der Waals surface area contributed by atoms with Crippen LogP contribution in [0.2, 0.25) is 0 Å². The van der Waals surface area contributed by atoms with Gasteiger partial charge in [-0.1, -0.05) is 5.16 Å². The van der Waals surface area contributed by atoms with Crippen LogP contribution >= 0.6 is 0 Å². The number of hydrogen-bond acceptors (Lipinski definition) is 5. The van der Waals surface area contributed by atoms with Crippen molar-refractivity contribution in [2.75, 3.05) is 39.8 Å². The van der Waals surface area contributed by atoms with Crippen LogP contribution in [-0.2, 0) is 4.79 Å². The minimum atomic E-state index is 0.00345. The molecule has 0 amide bonds. The summed E-state index contributed by atoms with van der Waals surface area (Å²) in [6.45, 7) is 5.11. The molecule has 116 valence electrons. The van der Waals surface area contributed by atoms with Gasteiger partial charge in [-0.15, -0.1) is 0 Å². The number of carbonyl (C=O) groups is 1. The summed E-state index contributed by atoms with van der Waals surface area (Å²) in [6.07, 6.45) is 8.82. The zero-order chi connectivity index (χ0) is 14.9.